The van der Waals surface area contributed by atoms with E-state index >= 15 is 0 Å². The third-order valence-electron chi connectivity index (χ3n) is 1.89. The molecule has 4 heteroatoms. The van der Waals surface area contributed by atoms with Gasteiger partial charge in [0, 0.05) is 24.2 Å². The molecule has 1 aromatic carbocycles. The number of nitrogens with two attached hydrogens (primary N) is 1. The van der Waals surface area contributed by atoms with Crippen molar-refractivity contribution in [1.82, 2.24) is 0 Å². The Bertz CT molecular complexity index is 450. The van der Waals surface area contributed by atoms with Crippen molar-refractivity contribution in [2.45, 2.75) is 6.54 Å². The molecule has 0 spiro atoms. The maximum Gasteiger partial charge on any atom is 0.140 e. The average Bonchev–Trinajstić information content (AvgIpc) is 2.47. The largest absolute Gasteiger partial charge is 0.464 e. The van der Waals surface area contributed by atoms with Gasteiger partial charge in [0.2, 0.25) is 0 Å². The number of hydrogen-bond acceptors (Lipinski definition) is 2. The first-order valence-electron chi connectivity index (χ1n) is 3.77. The van der Waals surface area contributed by atoms with Gasteiger partial charge in [-0.15, -0.1) is 0 Å². The van der Waals surface area contributed by atoms with Crippen molar-refractivity contribution in [3.05, 3.63) is 35.6 Å². The molecule has 0 unspecified atom stereocenters. The number of hydrogen-bond donors (Lipinski definition) is 1. The Kier molecular flexibility index (Phi) is 1.77. The standard InChI is InChI=1S/C9H7F2NO/c10-6-1-7(11)9-5(3-12)4-13-8(9)2-6/h1-2,4H,3,12H2. The van der Waals surface area contributed by atoms with Gasteiger partial charge in [-0.2, -0.15) is 0 Å². The first kappa shape index (κ1) is 8.19. The second-order valence-electron chi connectivity index (χ2n) is 2.73. The van der Waals surface area contributed by atoms with Crippen LogP contribution in [0.25, 0.3) is 11.0 Å². The Balaban J connectivity index is 2.82. The zero-order valence-electron chi connectivity index (χ0n) is 6.68. The summed E-state index contributed by atoms with van der Waals surface area (Å²) in [6.07, 6.45) is 1.34. The lowest BCUT2D eigenvalue weighted by molar-refractivity contribution is 0.577. The zero-order valence-corrected chi connectivity index (χ0v) is 6.68. The van der Waals surface area contributed by atoms with Gasteiger partial charge in [-0.3, -0.25) is 0 Å². The molecule has 0 atom stereocenters. The van der Waals surface area contributed by atoms with Crippen LogP contribution in [-0.2, 0) is 6.54 Å². The summed E-state index contributed by atoms with van der Waals surface area (Å²) >= 11 is 0. The van der Waals surface area contributed by atoms with Gasteiger partial charge >= 0.3 is 0 Å². The molecule has 0 aliphatic heterocycles. The summed E-state index contributed by atoms with van der Waals surface area (Å²) in [4.78, 5) is 0. The predicted octanol–water partition coefficient (Wildman–Crippen LogP) is 2.17. The fourth-order valence-electron chi connectivity index (χ4n) is 1.30. The summed E-state index contributed by atoms with van der Waals surface area (Å²) < 4.78 is 30.8. The van der Waals surface area contributed by atoms with Crippen molar-refractivity contribution in [2.75, 3.05) is 0 Å². The molecule has 68 valence electrons. The summed E-state index contributed by atoms with van der Waals surface area (Å²) in [5.41, 5.74) is 6.09. The second kappa shape index (κ2) is 2.81. The first-order valence-corrected chi connectivity index (χ1v) is 3.77. The predicted molar refractivity (Wildman–Crippen MR) is 44.0 cm³/mol. The van der Waals surface area contributed by atoms with Crippen LogP contribution in [0.4, 0.5) is 8.78 Å². The van der Waals surface area contributed by atoms with E-state index in [9.17, 15) is 8.78 Å². The quantitative estimate of drug-likeness (QED) is 0.735. The fourth-order valence-corrected chi connectivity index (χ4v) is 1.30. The van der Waals surface area contributed by atoms with Crippen LogP contribution in [-0.4, -0.2) is 0 Å². The van der Waals surface area contributed by atoms with E-state index in [-0.39, 0.29) is 17.5 Å². The number of benzene rings is 1. The van der Waals surface area contributed by atoms with E-state index in [0.29, 0.717) is 5.56 Å². The molecule has 0 bridgehead atoms. The minimum absolute atomic E-state index is 0.176. The number of furan rings is 1. The average molecular weight is 183 g/mol. The molecular formula is C9H7F2NO. The third kappa shape index (κ3) is 1.19. The highest BCUT2D eigenvalue weighted by molar-refractivity contribution is 5.81. The molecule has 1 aromatic heterocycles. The molecule has 0 fully saturated rings. The Morgan fingerprint density at radius 1 is 1.31 bits per heavy atom. The SMILES string of the molecule is NCc1coc2cc(F)cc(F)c12. The van der Waals surface area contributed by atoms with Crippen molar-refractivity contribution >= 4 is 11.0 Å². The Labute approximate surface area is 72.9 Å². The Hall–Kier alpha value is -1.42. The summed E-state index contributed by atoms with van der Waals surface area (Å²) in [5, 5.41) is 0.268. The van der Waals surface area contributed by atoms with Gasteiger partial charge in [-0.25, -0.2) is 8.78 Å². The molecule has 0 aliphatic rings. The van der Waals surface area contributed by atoms with Crippen molar-refractivity contribution in [1.29, 1.82) is 0 Å². The summed E-state index contributed by atoms with van der Waals surface area (Å²) in [7, 11) is 0. The highest BCUT2D eigenvalue weighted by Gasteiger charge is 2.11. The monoisotopic (exact) mass is 183 g/mol. The summed E-state index contributed by atoms with van der Waals surface area (Å²) in [6, 6.07) is 1.95. The molecule has 13 heavy (non-hydrogen) atoms. The first-order chi connectivity index (χ1) is 6.22. The minimum Gasteiger partial charge on any atom is -0.464 e. The van der Waals surface area contributed by atoms with E-state index in [0.717, 1.165) is 12.1 Å². The van der Waals surface area contributed by atoms with Gasteiger partial charge in [-0.1, -0.05) is 0 Å². The highest BCUT2D eigenvalue weighted by Crippen LogP contribution is 2.24. The molecule has 0 saturated heterocycles. The van der Waals surface area contributed by atoms with Gasteiger partial charge in [0.25, 0.3) is 0 Å². The summed E-state index contributed by atoms with van der Waals surface area (Å²) in [5.74, 6) is -1.29. The fraction of sp³-hybridized carbons (Fsp3) is 0.111. The maximum absolute atomic E-state index is 13.2. The number of halogens is 2. The smallest absolute Gasteiger partial charge is 0.140 e. The lowest BCUT2D eigenvalue weighted by Crippen LogP contribution is -1.95. The molecule has 0 saturated carbocycles. The van der Waals surface area contributed by atoms with Crippen molar-refractivity contribution in [3.8, 4) is 0 Å². The minimum atomic E-state index is -0.650. The number of fused-ring (bicyclic) bond motifs is 1. The summed E-state index contributed by atoms with van der Waals surface area (Å²) in [6.45, 7) is 0.176. The molecule has 0 radical (unpaired) electrons. The van der Waals surface area contributed by atoms with Gasteiger partial charge in [0.05, 0.1) is 11.6 Å². The molecule has 1 heterocycles. The lowest BCUT2D eigenvalue weighted by atomic mass is 10.1. The third-order valence-corrected chi connectivity index (χ3v) is 1.89. The molecule has 2 aromatic rings. The normalized spacial score (nSPS) is 11.0. The van der Waals surface area contributed by atoms with E-state index in [1.165, 1.54) is 6.26 Å². The van der Waals surface area contributed by atoms with Gasteiger partial charge in [0.1, 0.15) is 17.2 Å². The van der Waals surface area contributed by atoms with Gasteiger partial charge < -0.3 is 10.2 Å². The van der Waals surface area contributed by atoms with E-state index in [2.05, 4.69) is 0 Å². The topological polar surface area (TPSA) is 39.2 Å². The molecule has 2 rings (SSSR count). The highest BCUT2D eigenvalue weighted by atomic mass is 19.1. The van der Waals surface area contributed by atoms with Gasteiger partial charge in [-0.05, 0) is 0 Å². The van der Waals surface area contributed by atoms with Crippen LogP contribution in [0.5, 0.6) is 0 Å². The molecule has 2 N–H and O–H groups in total. The second-order valence-corrected chi connectivity index (χ2v) is 2.73. The van der Waals surface area contributed by atoms with Crippen molar-refractivity contribution in [2.24, 2.45) is 5.73 Å². The maximum atomic E-state index is 13.2. The van der Waals surface area contributed by atoms with Crippen LogP contribution in [0.2, 0.25) is 0 Å². The van der Waals surface area contributed by atoms with Crippen molar-refractivity contribution < 1.29 is 13.2 Å². The van der Waals surface area contributed by atoms with E-state index in [1.54, 1.807) is 0 Å². The van der Waals surface area contributed by atoms with Crippen LogP contribution in [0.3, 0.4) is 0 Å². The van der Waals surface area contributed by atoms with E-state index < -0.39 is 11.6 Å². The molecule has 2 nitrogen and oxygen atoms in total. The van der Waals surface area contributed by atoms with Crippen LogP contribution >= 0.6 is 0 Å². The Morgan fingerprint density at radius 3 is 2.77 bits per heavy atom. The van der Waals surface area contributed by atoms with E-state index in [4.69, 9.17) is 10.2 Å². The van der Waals surface area contributed by atoms with Crippen LogP contribution in [0.15, 0.2) is 22.8 Å². The van der Waals surface area contributed by atoms with Crippen molar-refractivity contribution in [3.63, 3.8) is 0 Å². The lowest BCUT2D eigenvalue weighted by Gasteiger charge is -1.94. The number of rotatable bonds is 1. The Morgan fingerprint density at radius 2 is 2.08 bits per heavy atom. The van der Waals surface area contributed by atoms with Crippen LogP contribution in [0.1, 0.15) is 5.56 Å². The van der Waals surface area contributed by atoms with Crippen LogP contribution < -0.4 is 5.73 Å². The zero-order chi connectivity index (χ0) is 9.42. The van der Waals surface area contributed by atoms with Gasteiger partial charge in [0.15, 0.2) is 0 Å². The molecule has 0 amide bonds. The molecule has 0 aliphatic carbocycles. The van der Waals surface area contributed by atoms with E-state index in [1.807, 2.05) is 0 Å². The molecular weight excluding hydrogens is 176 g/mol. The van der Waals surface area contributed by atoms with Crippen LogP contribution in [0, 0.1) is 11.6 Å².